The number of amides is 3. The van der Waals surface area contributed by atoms with Gasteiger partial charge in [0.25, 0.3) is 11.8 Å². The Morgan fingerprint density at radius 1 is 0.972 bits per heavy atom. The zero-order chi connectivity index (χ0) is 25.2. The summed E-state index contributed by atoms with van der Waals surface area (Å²) in [5, 5.41) is 0. The third kappa shape index (κ3) is 4.51. The smallest absolute Gasteiger partial charge is 0.338 e. The summed E-state index contributed by atoms with van der Waals surface area (Å²) in [6, 6.07) is 12.9. The Labute approximate surface area is 208 Å². The molecule has 0 N–H and O–H groups in total. The van der Waals surface area contributed by atoms with E-state index in [0.717, 1.165) is 0 Å². The molecule has 0 spiro atoms. The maximum Gasteiger partial charge on any atom is 0.338 e. The number of anilines is 1. The van der Waals surface area contributed by atoms with Crippen molar-refractivity contribution in [3.63, 3.8) is 0 Å². The van der Waals surface area contributed by atoms with Gasteiger partial charge in [0.05, 0.1) is 30.3 Å². The molecule has 5 rings (SSSR count). The van der Waals surface area contributed by atoms with E-state index < -0.39 is 18.1 Å². The molecular formula is C26H27N3O7. The highest BCUT2D eigenvalue weighted by atomic mass is 16.6. The van der Waals surface area contributed by atoms with Crippen molar-refractivity contribution >= 4 is 29.4 Å². The number of para-hydroxylation sites is 2. The lowest BCUT2D eigenvalue weighted by atomic mass is 10.1. The fourth-order valence-electron chi connectivity index (χ4n) is 4.73. The first-order chi connectivity index (χ1) is 17.5. The van der Waals surface area contributed by atoms with E-state index in [-0.39, 0.29) is 37.4 Å². The summed E-state index contributed by atoms with van der Waals surface area (Å²) >= 11 is 0. The Balaban J connectivity index is 1.18. The van der Waals surface area contributed by atoms with Crippen LogP contribution in [0, 0.1) is 0 Å². The molecule has 36 heavy (non-hydrogen) atoms. The van der Waals surface area contributed by atoms with Crippen molar-refractivity contribution in [1.29, 1.82) is 0 Å². The van der Waals surface area contributed by atoms with Gasteiger partial charge in [-0.15, -0.1) is 0 Å². The van der Waals surface area contributed by atoms with Crippen molar-refractivity contribution in [1.82, 2.24) is 9.80 Å². The van der Waals surface area contributed by atoms with Crippen molar-refractivity contribution < 1.29 is 33.4 Å². The summed E-state index contributed by atoms with van der Waals surface area (Å²) in [7, 11) is 0. The van der Waals surface area contributed by atoms with E-state index in [0.29, 0.717) is 48.9 Å². The predicted molar refractivity (Wildman–Crippen MR) is 128 cm³/mol. The number of rotatable bonds is 5. The minimum absolute atomic E-state index is 0.0722. The topological polar surface area (TPSA) is 106 Å². The zero-order valence-corrected chi connectivity index (χ0v) is 19.9. The van der Waals surface area contributed by atoms with Gasteiger partial charge in [-0.3, -0.25) is 19.3 Å². The van der Waals surface area contributed by atoms with Gasteiger partial charge in [0, 0.05) is 26.2 Å². The van der Waals surface area contributed by atoms with Crippen LogP contribution >= 0.6 is 0 Å². The number of benzene rings is 2. The molecule has 0 radical (unpaired) electrons. The third-order valence-corrected chi connectivity index (χ3v) is 6.61. The molecule has 0 bridgehead atoms. The maximum atomic E-state index is 13.2. The van der Waals surface area contributed by atoms with Gasteiger partial charge in [-0.1, -0.05) is 12.1 Å². The molecule has 2 fully saturated rings. The molecule has 10 nitrogen and oxygen atoms in total. The van der Waals surface area contributed by atoms with Gasteiger partial charge in [-0.05, 0) is 43.3 Å². The summed E-state index contributed by atoms with van der Waals surface area (Å²) < 4.78 is 16.5. The van der Waals surface area contributed by atoms with Crippen LogP contribution in [-0.4, -0.2) is 85.0 Å². The highest BCUT2D eigenvalue weighted by Crippen LogP contribution is 2.32. The molecule has 3 amide bonds. The van der Waals surface area contributed by atoms with Crippen molar-refractivity contribution in [2.24, 2.45) is 0 Å². The van der Waals surface area contributed by atoms with Crippen molar-refractivity contribution in [2.75, 3.05) is 44.3 Å². The van der Waals surface area contributed by atoms with Crippen LogP contribution in [-0.2, 0) is 19.1 Å². The molecule has 2 atom stereocenters. The molecule has 2 aromatic rings. The molecular weight excluding hydrogens is 466 g/mol. The van der Waals surface area contributed by atoms with Gasteiger partial charge in [-0.25, -0.2) is 9.69 Å². The van der Waals surface area contributed by atoms with Gasteiger partial charge >= 0.3 is 5.97 Å². The van der Waals surface area contributed by atoms with Crippen molar-refractivity contribution in [3.8, 4) is 11.5 Å². The van der Waals surface area contributed by atoms with Gasteiger partial charge < -0.3 is 19.1 Å². The molecule has 0 aromatic heterocycles. The number of imide groups is 1. The molecule has 3 aliphatic heterocycles. The predicted octanol–water partition coefficient (Wildman–Crippen LogP) is 1.48. The second kappa shape index (κ2) is 9.98. The largest absolute Gasteiger partial charge is 0.485 e. The lowest BCUT2D eigenvalue weighted by Crippen LogP contribution is -2.57. The summed E-state index contributed by atoms with van der Waals surface area (Å²) in [6.07, 6.45) is -0.642. The van der Waals surface area contributed by atoms with E-state index in [4.69, 9.17) is 14.2 Å². The lowest BCUT2D eigenvalue weighted by Gasteiger charge is -2.38. The molecule has 0 unspecified atom stereocenters. The third-order valence-electron chi connectivity index (χ3n) is 6.61. The van der Waals surface area contributed by atoms with Crippen LogP contribution in [0.4, 0.5) is 5.69 Å². The standard InChI is InChI=1S/C26H27N3O7/c1-2-34-26(33)17-7-9-18(10-8-17)29-23(30)15-19(24(29)31)27-11-13-28(14-12-27)25(32)22-16-35-20-5-3-4-6-21(20)36-22/h3-10,19,22H,2,11-16H2,1H3/t19-,22-/m1/s1. The second-order valence-electron chi connectivity index (χ2n) is 8.78. The molecule has 188 valence electrons. The Kier molecular flexibility index (Phi) is 6.60. The Hall–Kier alpha value is -3.92. The summed E-state index contributed by atoms with van der Waals surface area (Å²) in [5.74, 6) is -0.0331. The molecule has 2 saturated heterocycles. The van der Waals surface area contributed by atoms with Crippen LogP contribution in [0.15, 0.2) is 48.5 Å². The van der Waals surface area contributed by atoms with Gasteiger partial charge in [-0.2, -0.15) is 0 Å². The summed E-state index contributed by atoms with van der Waals surface area (Å²) in [5.41, 5.74) is 0.775. The number of carbonyl (C=O) groups excluding carboxylic acids is 4. The van der Waals surface area contributed by atoms with Crippen molar-refractivity contribution in [3.05, 3.63) is 54.1 Å². The maximum absolute atomic E-state index is 13.2. The average Bonchev–Trinajstić information content (AvgIpc) is 3.21. The minimum Gasteiger partial charge on any atom is -0.485 e. The van der Waals surface area contributed by atoms with Crippen LogP contribution < -0.4 is 14.4 Å². The fraction of sp³-hybridized carbons (Fsp3) is 0.385. The quantitative estimate of drug-likeness (QED) is 0.456. The molecule has 2 aromatic carbocycles. The van der Waals surface area contributed by atoms with E-state index in [1.807, 2.05) is 17.0 Å². The monoisotopic (exact) mass is 493 g/mol. The Morgan fingerprint density at radius 3 is 2.36 bits per heavy atom. The summed E-state index contributed by atoms with van der Waals surface area (Å²) in [6.45, 7) is 3.92. The van der Waals surface area contributed by atoms with Gasteiger partial charge in [0.2, 0.25) is 12.0 Å². The number of hydrogen-bond donors (Lipinski definition) is 0. The first-order valence-corrected chi connectivity index (χ1v) is 12.0. The SMILES string of the molecule is CCOC(=O)c1ccc(N2C(=O)C[C@@H](N3CCN(C(=O)[C@H]4COc5ccccc5O4)CC3)C2=O)cc1. The van der Waals surface area contributed by atoms with Gasteiger partial charge in [0.15, 0.2) is 11.5 Å². The van der Waals surface area contributed by atoms with Crippen LogP contribution in [0.25, 0.3) is 0 Å². The van der Waals surface area contributed by atoms with E-state index in [2.05, 4.69) is 0 Å². The number of piperazine rings is 1. The normalized spacial score (nSPS) is 22.0. The molecule has 0 aliphatic carbocycles. The van der Waals surface area contributed by atoms with E-state index in [1.165, 1.54) is 4.90 Å². The zero-order valence-electron chi connectivity index (χ0n) is 19.9. The summed E-state index contributed by atoms with van der Waals surface area (Å²) in [4.78, 5) is 55.6. The second-order valence-corrected chi connectivity index (χ2v) is 8.78. The minimum atomic E-state index is -0.714. The number of ether oxygens (including phenoxy) is 3. The van der Waals surface area contributed by atoms with E-state index >= 15 is 0 Å². The number of esters is 1. The van der Waals surface area contributed by atoms with Gasteiger partial charge in [0.1, 0.15) is 6.61 Å². The molecule has 3 aliphatic rings. The number of hydrogen-bond acceptors (Lipinski definition) is 8. The highest BCUT2D eigenvalue weighted by Gasteiger charge is 2.44. The molecule has 3 heterocycles. The molecule has 10 heteroatoms. The Morgan fingerprint density at radius 2 is 1.67 bits per heavy atom. The fourth-order valence-corrected chi connectivity index (χ4v) is 4.73. The lowest BCUT2D eigenvalue weighted by molar-refractivity contribution is -0.143. The number of carbonyl (C=O) groups is 4. The molecule has 0 saturated carbocycles. The first kappa shape index (κ1) is 23.8. The van der Waals surface area contributed by atoms with Crippen LogP contribution in [0.1, 0.15) is 23.7 Å². The first-order valence-electron chi connectivity index (χ1n) is 12.0. The number of fused-ring (bicyclic) bond motifs is 1. The van der Waals surface area contributed by atoms with E-state index in [9.17, 15) is 19.2 Å². The average molecular weight is 494 g/mol. The van der Waals surface area contributed by atoms with Crippen LogP contribution in [0.2, 0.25) is 0 Å². The number of nitrogens with zero attached hydrogens (tertiary/aromatic N) is 3. The van der Waals surface area contributed by atoms with Crippen molar-refractivity contribution in [2.45, 2.75) is 25.5 Å². The highest BCUT2D eigenvalue weighted by molar-refractivity contribution is 6.22. The van der Waals surface area contributed by atoms with Crippen LogP contribution in [0.3, 0.4) is 0 Å². The van der Waals surface area contributed by atoms with E-state index in [1.54, 1.807) is 48.2 Å². The Bertz CT molecular complexity index is 1170. The van der Waals surface area contributed by atoms with Crippen LogP contribution in [0.5, 0.6) is 11.5 Å².